The van der Waals surface area contributed by atoms with Crippen LogP contribution in [0.4, 0.5) is 5.13 Å². The van der Waals surface area contributed by atoms with Crippen molar-refractivity contribution < 1.29 is 14.3 Å². The highest BCUT2D eigenvalue weighted by Crippen LogP contribution is 2.35. The second-order valence-electron chi connectivity index (χ2n) is 5.81. The predicted octanol–water partition coefficient (Wildman–Crippen LogP) is 3.55. The second kappa shape index (κ2) is 7.53. The maximum absolute atomic E-state index is 12.1. The summed E-state index contributed by atoms with van der Waals surface area (Å²) in [6.45, 7) is 1.12. The van der Waals surface area contributed by atoms with Gasteiger partial charge in [-0.25, -0.2) is 4.98 Å². The lowest BCUT2D eigenvalue weighted by Gasteiger charge is -2.18. The van der Waals surface area contributed by atoms with Crippen molar-refractivity contribution in [3.05, 3.63) is 53.7 Å². The summed E-state index contributed by atoms with van der Waals surface area (Å²) >= 11 is 1.40. The summed E-state index contributed by atoms with van der Waals surface area (Å²) in [6.07, 6.45) is 4.54. The molecule has 0 saturated carbocycles. The molecule has 3 aromatic rings. The van der Waals surface area contributed by atoms with Crippen LogP contribution in [0.3, 0.4) is 0 Å². The van der Waals surface area contributed by atoms with E-state index in [4.69, 9.17) is 9.47 Å². The Kier molecular flexibility index (Phi) is 4.79. The maximum atomic E-state index is 12.1. The SMILES string of the molecule is O=C(CCc1cccnc1)Nc1nc(-c2ccc3c(c2)OCCO3)cs1. The standard InChI is InChI=1S/C19H17N3O3S/c23-18(6-3-13-2-1-7-20-11-13)22-19-21-15(12-26-19)14-4-5-16-17(10-14)25-9-8-24-16/h1-2,4-5,7,10-12H,3,6,8-9H2,(H,21,22,23). The number of aryl methyl sites for hydroxylation is 1. The molecule has 0 saturated heterocycles. The molecule has 2 aromatic heterocycles. The van der Waals surface area contributed by atoms with Crippen molar-refractivity contribution in [2.75, 3.05) is 18.5 Å². The van der Waals surface area contributed by atoms with Crippen LogP contribution in [0, 0.1) is 0 Å². The highest BCUT2D eigenvalue weighted by atomic mass is 32.1. The molecule has 0 radical (unpaired) electrons. The Balaban J connectivity index is 1.39. The van der Waals surface area contributed by atoms with E-state index in [2.05, 4.69) is 15.3 Å². The third-order valence-corrected chi connectivity index (χ3v) is 4.71. The number of carbonyl (C=O) groups is 1. The van der Waals surface area contributed by atoms with Crippen molar-refractivity contribution in [1.82, 2.24) is 9.97 Å². The van der Waals surface area contributed by atoms with Crippen LogP contribution >= 0.6 is 11.3 Å². The van der Waals surface area contributed by atoms with E-state index in [0.29, 0.717) is 31.2 Å². The van der Waals surface area contributed by atoms with E-state index in [1.54, 1.807) is 12.4 Å². The molecule has 0 atom stereocenters. The molecule has 1 aliphatic heterocycles. The van der Waals surface area contributed by atoms with E-state index in [0.717, 1.165) is 28.3 Å². The van der Waals surface area contributed by atoms with Gasteiger partial charge in [-0.05, 0) is 36.2 Å². The summed E-state index contributed by atoms with van der Waals surface area (Å²) in [5.41, 5.74) is 2.77. The van der Waals surface area contributed by atoms with Crippen molar-refractivity contribution in [2.24, 2.45) is 0 Å². The molecule has 4 rings (SSSR count). The van der Waals surface area contributed by atoms with Crippen LogP contribution in [0.15, 0.2) is 48.1 Å². The van der Waals surface area contributed by atoms with Gasteiger partial charge >= 0.3 is 0 Å². The van der Waals surface area contributed by atoms with E-state index in [1.807, 2.05) is 35.7 Å². The fraction of sp³-hybridized carbons (Fsp3) is 0.211. The Morgan fingerprint density at radius 2 is 2.08 bits per heavy atom. The average Bonchev–Trinajstić information content (AvgIpc) is 3.15. The van der Waals surface area contributed by atoms with Crippen LogP contribution in [0.2, 0.25) is 0 Å². The lowest BCUT2D eigenvalue weighted by molar-refractivity contribution is -0.116. The summed E-state index contributed by atoms with van der Waals surface area (Å²) in [5, 5.41) is 5.36. The largest absolute Gasteiger partial charge is 0.486 e. The first kappa shape index (κ1) is 16.5. The van der Waals surface area contributed by atoms with Crippen LogP contribution in [0.5, 0.6) is 11.5 Å². The maximum Gasteiger partial charge on any atom is 0.226 e. The number of hydrogen-bond acceptors (Lipinski definition) is 6. The topological polar surface area (TPSA) is 73.3 Å². The molecule has 7 heteroatoms. The minimum atomic E-state index is -0.0584. The lowest BCUT2D eigenvalue weighted by atomic mass is 10.1. The third kappa shape index (κ3) is 3.83. The molecule has 1 aromatic carbocycles. The predicted molar refractivity (Wildman–Crippen MR) is 99.7 cm³/mol. The first-order valence-electron chi connectivity index (χ1n) is 8.32. The molecule has 0 bridgehead atoms. The average molecular weight is 367 g/mol. The van der Waals surface area contributed by atoms with Gasteiger partial charge in [0, 0.05) is 29.8 Å². The second-order valence-corrected chi connectivity index (χ2v) is 6.66. The van der Waals surface area contributed by atoms with Crippen LogP contribution < -0.4 is 14.8 Å². The molecule has 0 fully saturated rings. The van der Waals surface area contributed by atoms with E-state index < -0.39 is 0 Å². The van der Waals surface area contributed by atoms with Gasteiger partial charge in [0.15, 0.2) is 16.6 Å². The summed E-state index contributed by atoms with van der Waals surface area (Å²) in [4.78, 5) is 20.7. The quantitative estimate of drug-likeness (QED) is 0.747. The molecule has 3 heterocycles. The summed E-state index contributed by atoms with van der Waals surface area (Å²) in [7, 11) is 0. The summed E-state index contributed by atoms with van der Waals surface area (Å²) in [6, 6.07) is 9.57. The lowest BCUT2D eigenvalue weighted by Crippen LogP contribution is -2.15. The Bertz CT molecular complexity index is 911. The zero-order valence-electron chi connectivity index (χ0n) is 14.0. The molecule has 1 aliphatic rings. The van der Waals surface area contributed by atoms with Gasteiger partial charge in [0.2, 0.25) is 5.91 Å². The fourth-order valence-corrected chi connectivity index (χ4v) is 3.39. The number of rotatable bonds is 5. The molecular weight excluding hydrogens is 350 g/mol. The van der Waals surface area contributed by atoms with Gasteiger partial charge in [-0.15, -0.1) is 11.3 Å². The fourth-order valence-electron chi connectivity index (χ4n) is 2.65. The van der Waals surface area contributed by atoms with Gasteiger partial charge in [0.1, 0.15) is 13.2 Å². The number of pyridine rings is 1. The molecule has 26 heavy (non-hydrogen) atoms. The van der Waals surface area contributed by atoms with Crippen molar-refractivity contribution >= 4 is 22.4 Å². The van der Waals surface area contributed by atoms with E-state index >= 15 is 0 Å². The minimum Gasteiger partial charge on any atom is -0.486 e. The van der Waals surface area contributed by atoms with Gasteiger partial charge in [-0.2, -0.15) is 0 Å². The molecule has 132 valence electrons. The van der Waals surface area contributed by atoms with E-state index in [-0.39, 0.29) is 5.91 Å². The molecule has 6 nitrogen and oxygen atoms in total. The smallest absolute Gasteiger partial charge is 0.226 e. The van der Waals surface area contributed by atoms with Crippen LogP contribution in [0.25, 0.3) is 11.3 Å². The van der Waals surface area contributed by atoms with Crippen molar-refractivity contribution in [1.29, 1.82) is 0 Å². The first-order valence-corrected chi connectivity index (χ1v) is 9.20. The number of amides is 1. The zero-order chi connectivity index (χ0) is 17.8. The van der Waals surface area contributed by atoms with Crippen LogP contribution in [-0.4, -0.2) is 29.1 Å². The van der Waals surface area contributed by atoms with Crippen LogP contribution in [-0.2, 0) is 11.2 Å². The van der Waals surface area contributed by atoms with Gasteiger partial charge in [-0.1, -0.05) is 6.07 Å². The summed E-state index contributed by atoms with van der Waals surface area (Å²) in [5.74, 6) is 1.42. The monoisotopic (exact) mass is 367 g/mol. The van der Waals surface area contributed by atoms with Gasteiger partial charge in [0.25, 0.3) is 0 Å². The Labute approximate surface area is 154 Å². The molecule has 1 amide bonds. The van der Waals surface area contributed by atoms with Gasteiger partial charge in [0.05, 0.1) is 5.69 Å². The van der Waals surface area contributed by atoms with Gasteiger partial charge < -0.3 is 14.8 Å². The highest BCUT2D eigenvalue weighted by molar-refractivity contribution is 7.14. The van der Waals surface area contributed by atoms with Crippen molar-refractivity contribution in [2.45, 2.75) is 12.8 Å². The number of nitrogens with zero attached hydrogens (tertiary/aromatic N) is 2. The number of anilines is 1. The van der Waals surface area contributed by atoms with E-state index in [1.165, 1.54) is 11.3 Å². The van der Waals surface area contributed by atoms with Crippen LogP contribution in [0.1, 0.15) is 12.0 Å². The number of thiazole rings is 1. The van der Waals surface area contributed by atoms with Crippen molar-refractivity contribution in [3.63, 3.8) is 0 Å². The minimum absolute atomic E-state index is 0.0584. The molecule has 1 N–H and O–H groups in total. The third-order valence-electron chi connectivity index (χ3n) is 3.95. The molecule has 0 aliphatic carbocycles. The Morgan fingerprint density at radius 3 is 2.92 bits per heavy atom. The number of carbonyl (C=O) groups excluding carboxylic acids is 1. The van der Waals surface area contributed by atoms with Crippen molar-refractivity contribution in [3.8, 4) is 22.8 Å². The normalized spacial score (nSPS) is 12.6. The Morgan fingerprint density at radius 1 is 1.19 bits per heavy atom. The molecule has 0 spiro atoms. The first-order chi connectivity index (χ1) is 12.8. The summed E-state index contributed by atoms with van der Waals surface area (Å²) < 4.78 is 11.1. The number of aromatic nitrogens is 2. The molecular formula is C19H17N3O3S. The zero-order valence-corrected chi connectivity index (χ0v) is 14.8. The van der Waals surface area contributed by atoms with E-state index in [9.17, 15) is 4.79 Å². The number of hydrogen-bond donors (Lipinski definition) is 1. The number of fused-ring (bicyclic) bond motifs is 1. The Hall–Kier alpha value is -2.93. The molecule has 0 unspecified atom stereocenters. The number of nitrogens with one attached hydrogen (secondary N) is 1. The van der Waals surface area contributed by atoms with Gasteiger partial charge in [-0.3, -0.25) is 9.78 Å². The number of ether oxygens (including phenoxy) is 2. The number of benzene rings is 1. The highest BCUT2D eigenvalue weighted by Gasteiger charge is 2.14.